The highest BCUT2D eigenvalue weighted by Gasteiger charge is 2.36. The van der Waals surface area contributed by atoms with Gasteiger partial charge < -0.3 is 19.7 Å². The fourth-order valence-electron chi connectivity index (χ4n) is 4.73. The molecule has 6 heteroatoms. The number of carbonyl (C=O) groups is 2. The Balaban J connectivity index is 1.43. The van der Waals surface area contributed by atoms with Gasteiger partial charge in [0.15, 0.2) is 0 Å². The third-order valence-electron chi connectivity index (χ3n) is 6.82. The monoisotopic (exact) mass is 450 g/mol. The van der Waals surface area contributed by atoms with E-state index < -0.39 is 0 Å². The fraction of sp³-hybridized carbons (Fsp3) is 0.481. The van der Waals surface area contributed by atoms with Crippen molar-refractivity contribution in [2.24, 2.45) is 5.41 Å². The zero-order valence-corrected chi connectivity index (χ0v) is 19.3. The molecule has 0 unspecified atom stereocenters. The van der Waals surface area contributed by atoms with Crippen molar-refractivity contribution in [3.63, 3.8) is 0 Å². The number of piperidine rings is 1. The lowest BCUT2D eigenvalue weighted by Crippen LogP contribution is -2.46. The van der Waals surface area contributed by atoms with Crippen molar-refractivity contribution < 1.29 is 19.1 Å². The highest BCUT2D eigenvalue weighted by Crippen LogP contribution is 2.38. The molecule has 4 rings (SSSR count). The second-order valence-electron chi connectivity index (χ2n) is 9.15. The third-order valence-corrected chi connectivity index (χ3v) is 6.82. The van der Waals surface area contributed by atoms with Crippen LogP contribution in [0.5, 0.6) is 5.75 Å². The van der Waals surface area contributed by atoms with E-state index in [9.17, 15) is 9.59 Å². The van der Waals surface area contributed by atoms with Crippen LogP contribution in [-0.2, 0) is 16.0 Å². The number of nitrogens with zero attached hydrogens (tertiary/aromatic N) is 1. The number of fused-ring (bicyclic) bond motifs is 1. The number of likely N-dealkylation sites (tertiary alicyclic amines) is 1. The van der Waals surface area contributed by atoms with Gasteiger partial charge in [0.1, 0.15) is 5.75 Å². The molecule has 1 fully saturated rings. The lowest BCUT2D eigenvalue weighted by atomic mass is 9.75. The number of rotatable bonds is 2. The Hall–Kier alpha value is -2.86. The van der Waals surface area contributed by atoms with Crippen LogP contribution in [0.25, 0.3) is 0 Å². The van der Waals surface area contributed by atoms with Gasteiger partial charge in [-0.15, -0.1) is 0 Å². The zero-order valence-electron chi connectivity index (χ0n) is 19.3. The van der Waals surface area contributed by atoms with Gasteiger partial charge in [-0.05, 0) is 43.4 Å². The second-order valence-corrected chi connectivity index (χ2v) is 9.15. The number of para-hydroxylation sites is 1. The van der Waals surface area contributed by atoms with Crippen LogP contribution in [0.2, 0.25) is 0 Å². The molecule has 2 aromatic rings. The van der Waals surface area contributed by atoms with E-state index >= 15 is 0 Å². The topological polar surface area (TPSA) is 67.9 Å². The summed E-state index contributed by atoms with van der Waals surface area (Å²) in [4.78, 5) is 27.5. The molecule has 2 aromatic carbocycles. The van der Waals surface area contributed by atoms with E-state index in [1.807, 2.05) is 53.4 Å². The van der Waals surface area contributed by atoms with Crippen molar-refractivity contribution in [1.82, 2.24) is 10.2 Å². The fourth-order valence-corrected chi connectivity index (χ4v) is 4.73. The third kappa shape index (κ3) is 6.35. The van der Waals surface area contributed by atoms with E-state index in [0.29, 0.717) is 44.1 Å². The van der Waals surface area contributed by atoms with E-state index in [1.54, 1.807) is 6.07 Å². The van der Waals surface area contributed by atoms with Crippen LogP contribution in [0.15, 0.2) is 54.6 Å². The number of nitrogens with one attached hydrogen (secondary N) is 1. The maximum Gasteiger partial charge on any atom is 0.255 e. The van der Waals surface area contributed by atoms with Gasteiger partial charge >= 0.3 is 0 Å². The van der Waals surface area contributed by atoms with Crippen LogP contribution in [-0.4, -0.2) is 56.2 Å². The van der Waals surface area contributed by atoms with Gasteiger partial charge in [0, 0.05) is 31.7 Å². The van der Waals surface area contributed by atoms with Crippen molar-refractivity contribution in [3.8, 4) is 5.75 Å². The number of carbonyl (C=O) groups excluding carboxylic acids is 2. The predicted octanol–water partition coefficient (Wildman–Crippen LogP) is 3.85. The standard InChI is InChI=1S/C27H34N2O4/c30-25(20-22-8-2-1-3-9-22)29-16-13-27(14-17-29)12-6-7-18-32-19-15-28-26(31)23-10-4-5-11-24(23)33-21-27/h1-5,8-11H,6-7,12-21H2,(H,28,31). The van der Waals surface area contributed by atoms with E-state index in [4.69, 9.17) is 9.47 Å². The minimum Gasteiger partial charge on any atom is -0.492 e. The van der Waals surface area contributed by atoms with E-state index in [1.165, 1.54) is 0 Å². The smallest absolute Gasteiger partial charge is 0.255 e. The molecule has 0 aromatic heterocycles. The molecule has 0 saturated carbocycles. The molecule has 2 aliphatic heterocycles. The highest BCUT2D eigenvalue weighted by molar-refractivity contribution is 5.96. The lowest BCUT2D eigenvalue weighted by molar-refractivity contribution is -0.133. The van der Waals surface area contributed by atoms with Gasteiger partial charge in [0.05, 0.1) is 25.2 Å². The molecule has 1 N–H and O–H groups in total. The summed E-state index contributed by atoms with van der Waals surface area (Å²) >= 11 is 0. The van der Waals surface area contributed by atoms with Crippen LogP contribution in [0.4, 0.5) is 0 Å². The first kappa shape index (κ1) is 23.3. The first-order valence-corrected chi connectivity index (χ1v) is 12.0. The summed E-state index contributed by atoms with van der Waals surface area (Å²) in [6.45, 7) is 3.74. The molecule has 0 aliphatic carbocycles. The highest BCUT2D eigenvalue weighted by atomic mass is 16.5. The molecule has 1 spiro atoms. The quantitative estimate of drug-likeness (QED) is 0.755. The van der Waals surface area contributed by atoms with E-state index in [-0.39, 0.29) is 17.2 Å². The molecule has 33 heavy (non-hydrogen) atoms. The number of benzene rings is 2. The second kappa shape index (κ2) is 11.3. The molecular formula is C27H34N2O4. The van der Waals surface area contributed by atoms with Gasteiger partial charge in [-0.25, -0.2) is 0 Å². The van der Waals surface area contributed by atoms with Crippen molar-refractivity contribution in [2.45, 2.75) is 38.5 Å². The van der Waals surface area contributed by atoms with Crippen molar-refractivity contribution in [3.05, 3.63) is 65.7 Å². The largest absolute Gasteiger partial charge is 0.492 e. The molecule has 6 nitrogen and oxygen atoms in total. The van der Waals surface area contributed by atoms with Gasteiger partial charge in [-0.1, -0.05) is 48.9 Å². The summed E-state index contributed by atoms with van der Waals surface area (Å²) in [5, 5.41) is 2.91. The summed E-state index contributed by atoms with van der Waals surface area (Å²) in [6.07, 6.45) is 5.35. The summed E-state index contributed by atoms with van der Waals surface area (Å²) in [7, 11) is 0. The van der Waals surface area contributed by atoms with Gasteiger partial charge in [-0.3, -0.25) is 9.59 Å². The van der Waals surface area contributed by atoms with Crippen LogP contribution in [0, 0.1) is 5.41 Å². The van der Waals surface area contributed by atoms with Crippen molar-refractivity contribution in [2.75, 3.05) is 39.5 Å². The normalized spacial score (nSPS) is 19.6. The molecule has 2 amide bonds. The minimum absolute atomic E-state index is 0.00275. The summed E-state index contributed by atoms with van der Waals surface area (Å²) in [5.74, 6) is 0.671. The van der Waals surface area contributed by atoms with Gasteiger partial charge in [0.25, 0.3) is 5.91 Å². The Morgan fingerprint density at radius 3 is 2.52 bits per heavy atom. The van der Waals surface area contributed by atoms with Gasteiger partial charge in [0.2, 0.25) is 5.91 Å². The maximum absolute atomic E-state index is 12.8. The molecule has 176 valence electrons. The summed E-state index contributed by atoms with van der Waals surface area (Å²) in [6, 6.07) is 17.3. The molecule has 1 saturated heterocycles. The Bertz CT molecular complexity index is 923. The van der Waals surface area contributed by atoms with Crippen molar-refractivity contribution in [1.29, 1.82) is 0 Å². The maximum atomic E-state index is 12.8. The SMILES string of the molecule is O=C1NCCOCCCCC2(CCN(C(=O)Cc3ccccc3)CC2)COc2ccccc21. The van der Waals surface area contributed by atoms with Gasteiger partial charge in [-0.2, -0.15) is 0 Å². The molecule has 0 bridgehead atoms. The average Bonchev–Trinajstić information content (AvgIpc) is 2.85. The molecular weight excluding hydrogens is 416 g/mol. The Morgan fingerprint density at radius 1 is 0.939 bits per heavy atom. The van der Waals surface area contributed by atoms with Crippen LogP contribution in [0.3, 0.4) is 0 Å². The number of hydrogen-bond donors (Lipinski definition) is 1. The first-order chi connectivity index (χ1) is 16.2. The van der Waals surface area contributed by atoms with Crippen LogP contribution < -0.4 is 10.1 Å². The molecule has 2 aliphatic rings. The van der Waals surface area contributed by atoms with Crippen LogP contribution in [0.1, 0.15) is 48.0 Å². The number of ether oxygens (including phenoxy) is 2. The van der Waals surface area contributed by atoms with E-state index in [0.717, 1.165) is 50.8 Å². The molecule has 0 radical (unpaired) electrons. The Kier molecular flexibility index (Phi) is 8.00. The average molecular weight is 451 g/mol. The molecule has 0 atom stereocenters. The number of amides is 2. The Labute approximate surface area is 196 Å². The molecule has 2 heterocycles. The zero-order chi connectivity index (χ0) is 22.9. The minimum atomic E-state index is -0.137. The first-order valence-electron chi connectivity index (χ1n) is 12.0. The Morgan fingerprint density at radius 2 is 1.70 bits per heavy atom. The summed E-state index contributed by atoms with van der Waals surface area (Å²) < 4.78 is 12.0. The van der Waals surface area contributed by atoms with Crippen molar-refractivity contribution >= 4 is 11.8 Å². The van der Waals surface area contributed by atoms with Crippen LogP contribution >= 0.6 is 0 Å². The predicted molar refractivity (Wildman–Crippen MR) is 127 cm³/mol. The number of hydrogen-bond acceptors (Lipinski definition) is 4. The lowest BCUT2D eigenvalue weighted by Gasteiger charge is -2.42. The van der Waals surface area contributed by atoms with E-state index in [2.05, 4.69) is 5.32 Å². The summed E-state index contributed by atoms with van der Waals surface area (Å²) in [5.41, 5.74) is 1.61.